The minimum absolute atomic E-state index is 0.794. The maximum Gasteiger partial charge on any atom is 0.0283 e. The Morgan fingerprint density at radius 3 is 2.42 bits per heavy atom. The van der Waals surface area contributed by atoms with Gasteiger partial charge >= 0.3 is 0 Å². The highest BCUT2D eigenvalue weighted by Gasteiger charge is 1.95. The number of alkyl halides is 1. The topological polar surface area (TPSA) is 0 Å². The molecule has 0 aliphatic carbocycles. The summed E-state index contributed by atoms with van der Waals surface area (Å²) in [5, 5.41) is 0.794. The molecule has 0 fully saturated rings. The van der Waals surface area contributed by atoms with Crippen molar-refractivity contribution in [1.82, 2.24) is 0 Å². The van der Waals surface area contributed by atoms with Crippen molar-refractivity contribution in [3.8, 4) is 12.3 Å². The molecule has 0 saturated carbocycles. The normalized spacial score (nSPS) is 9.00. The van der Waals surface area contributed by atoms with Gasteiger partial charge in [0.15, 0.2) is 0 Å². The van der Waals surface area contributed by atoms with Crippen LogP contribution < -0.4 is 0 Å². The van der Waals surface area contributed by atoms with E-state index in [4.69, 9.17) is 6.42 Å². The third kappa shape index (κ3) is 1.99. The van der Waals surface area contributed by atoms with Crippen molar-refractivity contribution in [2.75, 3.05) is 5.33 Å². The maximum absolute atomic E-state index is 5.23. The van der Waals surface area contributed by atoms with Crippen LogP contribution in [-0.2, 0) is 0 Å². The van der Waals surface area contributed by atoms with Crippen LogP contribution in [0.2, 0.25) is 0 Å². The van der Waals surface area contributed by atoms with Crippen molar-refractivity contribution in [2.24, 2.45) is 0 Å². The zero-order valence-electron chi connectivity index (χ0n) is 6.68. The molecule has 12 heavy (non-hydrogen) atoms. The van der Waals surface area contributed by atoms with Crippen molar-refractivity contribution in [3.05, 3.63) is 42.0 Å². The lowest BCUT2D eigenvalue weighted by molar-refractivity contribution is 1.57. The van der Waals surface area contributed by atoms with E-state index in [2.05, 4.69) is 28.4 Å². The zero-order chi connectivity index (χ0) is 8.97. The molecule has 0 nitrogen and oxygen atoms in total. The summed E-state index contributed by atoms with van der Waals surface area (Å²) in [4.78, 5) is 0. The predicted molar refractivity (Wildman–Crippen MR) is 57.2 cm³/mol. The second-order valence-electron chi connectivity index (χ2n) is 2.46. The molecule has 1 rings (SSSR count). The van der Waals surface area contributed by atoms with Gasteiger partial charge in [0.1, 0.15) is 0 Å². The molecular weight excluding hydrogens is 212 g/mol. The third-order valence-electron chi connectivity index (χ3n) is 1.62. The van der Waals surface area contributed by atoms with Gasteiger partial charge in [-0.05, 0) is 23.3 Å². The lowest BCUT2D eigenvalue weighted by Crippen LogP contribution is -1.83. The standard InChI is InChI=1S/C11H9Br/c1-3-10-4-6-11(7-5-10)9(2)8-12/h1,4-7H,2,8H2. The van der Waals surface area contributed by atoms with Gasteiger partial charge in [-0.1, -0.05) is 40.6 Å². The molecule has 1 aromatic rings. The van der Waals surface area contributed by atoms with Crippen molar-refractivity contribution >= 4 is 21.5 Å². The van der Waals surface area contributed by atoms with Crippen LogP contribution in [0, 0.1) is 12.3 Å². The van der Waals surface area contributed by atoms with E-state index < -0.39 is 0 Å². The van der Waals surface area contributed by atoms with E-state index in [1.807, 2.05) is 24.3 Å². The summed E-state index contributed by atoms with van der Waals surface area (Å²) < 4.78 is 0. The van der Waals surface area contributed by atoms with E-state index in [0.717, 1.165) is 22.0 Å². The van der Waals surface area contributed by atoms with E-state index in [1.165, 1.54) is 0 Å². The molecule has 0 atom stereocenters. The van der Waals surface area contributed by atoms with Gasteiger partial charge < -0.3 is 0 Å². The molecule has 0 aliphatic rings. The Balaban J connectivity index is 2.94. The average molecular weight is 221 g/mol. The van der Waals surface area contributed by atoms with Crippen LogP contribution >= 0.6 is 15.9 Å². The minimum atomic E-state index is 0.794. The maximum atomic E-state index is 5.23. The van der Waals surface area contributed by atoms with Crippen LogP contribution in [0.5, 0.6) is 0 Å². The first-order valence-corrected chi connectivity index (χ1v) is 4.71. The van der Waals surface area contributed by atoms with E-state index in [0.29, 0.717) is 0 Å². The molecule has 0 bridgehead atoms. The highest BCUT2D eigenvalue weighted by atomic mass is 79.9. The fraction of sp³-hybridized carbons (Fsp3) is 0.0909. The van der Waals surface area contributed by atoms with Crippen LogP contribution in [0.15, 0.2) is 30.8 Å². The molecular formula is C11H9Br. The minimum Gasteiger partial charge on any atom is -0.115 e. The lowest BCUT2D eigenvalue weighted by Gasteiger charge is -2.00. The molecule has 0 saturated heterocycles. The van der Waals surface area contributed by atoms with Gasteiger partial charge in [0.2, 0.25) is 0 Å². The summed E-state index contributed by atoms with van der Waals surface area (Å²) in [5.41, 5.74) is 3.10. The molecule has 0 amide bonds. The fourth-order valence-electron chi connectivity index (χ4n) is 0.879. The van der Waals surface area contributed by atoms with E-state index in [1.54, 1.807) is 0 Å². The Morgan fingerprint density at radius 2 is 2.00 bits per heavy atom. The van der Waals surface area contributed by atoms with E-state index in [9.17, 15) is 0 Å². The highest BCUT2D eigenvalue weighted by molar-refractivity contribution is 9.09. The van der Waals surface area contributed by atoms with Gasteiger partial charge in [-0.15, -0.1) is 6.42 Å². The SMILES string of the molecule is C#Cc1ccc(C(=C)CBr)cc1. The van der Waals surface area contributed by atoms with Crippen LogP contribution in [0.4, 0.5) is 0 Å². The van der Waals surface area contributed by atoms with Crippen LogP contribution in [-0.4, -0.2) is 5.33 Å². The van der Waals surface area contributed by atoms with E-state index in [-0.39, 0.29) is 0 Å². The number of halogens is 1. The Morgan fingerprint density at radius 1 is 1.42 bits per heavy atom. The number of benzene rings is 1. The van der Waals surface area contributed by atoms with Crippen molar-refractivity contribution < 1.29 is 0 Å². The molecule has 60 valence electrons. The van der Waals surface area contributed by atoms with Gasteiger partial charge in [-0.25, -0.2) is 0 Å². The average Bonchev–Trinajstić information content (AvgIpc) is 2.17. The summed E-state index contributed by atoms with van der Waals surface area (Å²) in [6.07, 6.45) is 5.23. The second kappa shape index (κ2) is 4.13. The second-order valence-corrected chi connectivity index (χ2v) is 3.02. The third-order valence-corrected chi connectivity index (χ3v) is 2.30. The predicted octanol–water partition coefficient (Wildman–Crippen LogP) is 3.08. The summed E-state index contributed by atoms with van der Waals surface area (Å²) in [5.74, 6) is 2.57. The quantitative estimate of drug-likeness (QED) is 0.531. The monoisotopic (exact) mass is 220 g/mol. The largest absolute Gasteiger partial charge is 0.115 e. The van der Waals surface area contributed by atoms with Crippen LogP contribution in [0.3, 0.4) is 0 Å². The molecule has 1 heteroatoms. The van der Waals surface area contributed by atoms with Gasteiger partial charge in [-0.3, -0.25) is 0 Å². The summed E-state index contributed by atoms with van der Waals surface area (Å²) in [6.45, 7) is 3.90. The fourth-order valence-corrected chi connectivity index (χ4v) is 1.20. The molecule has 1 aromatic carbocycles. The molecule has 0 spiro atoms. The van der Waals surface area contributed by atoms with Gasteiger partial charge in [0, 0.05) is 10.9 Å². The first kappa shape index (κ1) is 9.09. The Labute approximate surface area is 81.4 Å². The Bertz CT molecular complexity index is 314. The summed E-state index contributed by atoms with van der Waals surface area (Å²) >= 11 is 3.35. The van der Waals surface area contributed by atoms with Gasteiger partial charge in [0.05, 0.1) is 0 Å². The lowest BCUT2D eigenvalue weighted by atomic mass is 10.1. The highest BCUT2D eigenvalue weighted by Crippen LogP contribution is 2.14. The number of terminal acetylenes is 1. The zero-order valence-corrected chi connectivity index (χ0v) is 8.26. The molecule has 0 aliphatic heterocycles. The number of allylic oxidation sites excluding steroid dienone is 1. The van der Waals surface area contributed by atoms with E-state index >= 15 is 0 Å². The van der Waals surface area contributed by atoms with Crippen LogP contribution in [0.1, 0.15) is 11.1 Å². The van der Waals surface area contributed by atoms with Gasteiger partial charge in [0.25, 0.3) is 0 Å². The first-order chi connectivity index (χ1) is 5.77. The van der Waals surface area contributed by atoms with Crippen molar-refractivity contribution in [2.45, 2.75) is 0 Å². The number of hydrogen-bond acceptors (Lipinski definition) is 0. The Kier molecular flexibility index (Phi) is 3.13. The van der Waals surface area contributed by atoms with Crippen LogP contribution in [0.25, 0.3) is 5.57 Å². The van der Waals surface area contributed by atoms with Crippen molar-refractivity contribution in [1.29, 1.82) is 0 Å². The number of rotatable bonds is 2. The Hall–Kier alpha value is -1.00. The molecule has 0 aromatic heterocycles. The van der Waals surface area contributed by atoms with Crippen molar-refractivity contribution in [3.63, 3.8) is 0 Å². The first-order valence-electron chi connectivity index (χ1n) is 3.58. The molecule has 0 radical (unpaired) electrons. The summed E-state index contributed by atoms with van der Waals surface area (Å²) in [6, 6.07) is 7.81. The molecule has 0 unspecified atom stereocenters. The molecule has 0 heterocycles. The number of hydrogen-bond donors (Lipinski definition) is 0. The molecule has 0 N–H and O–H groups in total. The summed E-state index contributed by atoms with van der Waals surface area (Å²) in [7, 11) is 0. The smallest absolute Gasteiger partial charge is 0.0283 e. The van der Waals surface area contributed by atoms with Gasteiger partial charge in [-0.2, -0.15) is 0 Å².